The summed E-state index contributed by atoms with van der Waals surface area (Å²) in [4.78, 5) is 50.4. The van der Waals surface area contributed by atoms with E-state index in [0.29, 0.717) is 28.2 Å². The van der Waals surface area contributed by atoms with E-state index in [4.69, 9.17) is 52.4 Å². The average molecular weight is 1310 g/mol. The van der Waals surface area contributed by atoms with Gasteiger partial charge in [-0.15, -0.1) is 0 Å². The maximum absolute atomic E-state index is 16.4. The number of carbonyl (C=O) groups is 3. The normalized spacial score (nSPS) is 32.8. The minimum atomic E-state index is -4.02. The number of aromatic nitrogens is 1. The second kappa shape index (κ2) is 30.9. The van der Waals surface area contributed by atoms with E-state index in [9.17, 15) is 19.8 Å². The first kappa shape index (κ1) is 71.5. The van der Waals surface area contributed by atoms with Crippen LogP contribution in [0.4, 0.5) is 0 Å². The van der Waals surface area contributed by atoms with Gasteiger partial charge < -0.3 is 57.7 Å². The van der Waals surface area contributed by atoms with Crippen molar-refractivity contribution in [3.63, 3.8) is 0 Å². The van der Waals surface area contributed by atoms with Crippen LogP contribution in [0, 0.1) is 23.7 Å². The van der Waals surface area contributed by atoms with Crippen molar-refractivity contribution in [2.24, 2.45) is 28.4 Å². The van der Waals surface area contributed by atoms with Crippen molar-refractivity contribution < 1.29 is 71.8 Å². The quantitative estimate of drug-likeness (QED) is 0.0464. The van der Waals surface area contributed by atoms with Gasteiger partial charge in [0.05, 0.1) is 71.3 Å². The predicted octanol–water partition coefficient (Wildman–Crippen LogP) is 11.6. The summed E-state index contributed by atoms with van der Waals surface area (Å²) < 4.78 is 83.4. The Labute approximate surface area is 553 Å². The fourth-order valence-electron chi connectivity index (χ4n) is 13.9. The lowest BCUT2D eigenvalue weighted by Gasteiger charge is -2.50. The number of aliphatic hydroxyl groups is 2. The van der Waals surface area contributed by atoms with Crippen LogP contribution >= 0.6 is 7.29 Å². The van der Waals surface area contributed by atoms with Crippen LogP contribution in [0.2, 0.25) is 0 Å². The van der Waals surface area contributed by atoms with Crippen molar-refractivity contribution in [3.8, 4) is 0 Å². The van der Waals surface area contributed by atoms with Gasteiger partial charge >= 0.3 is 17.9 Å². The van der Waals surface area contributed by atoms with Crippen LogP contribution in [0.15, 0.2) is 169 Å². The standard InChI is InChI=1S/C75H94N3O15P/c1-14-61-75(10,83)66(79)49(4)63(77-94(84,57-36-23-17-24-37-57)58-38-25-18-26-39-58)47(2)44-74(9,86-41-29-30-53-43-56-35-27-28-40-59(56)76-46-53)67(93-72-65(60(78(11)12)42-48(3)87-72)91-70(81)54-31-19-15-20-32-54)50(5)64(51(6)69(80)89-61)90-62-45-73(8,85-13)68(52(7)88-62)92-71(82)55-33-21-16-22-34-55/h15-40,43,46-52,60-62,64-68,72,79,83H,14,41-42,44-45H2,1-13H3/b30-29+,77-63+/t47-,48-,49+,50+,51-,52+,60+,61-,62+,64+,65-,66-,67-,68+,72+,73-,74-,75-/m1/s1. The average Bonchev–Trinajstić information content (AvgIpc) is 0.770. The Bertz CT molecular complexity index is 3560. The molecule has 3 aliphatic rings. The number of esters is 3. The number of para-hydroxylation sites is 1. The zero-order chi connectivity index (χ0) is 67.7. The van der Waals surface area contributed by atoms with Crippen molar-refractivity contribution in [2.75, 3.05) is 27.8 Å². The minimum Gasteiger partial charge on any atom is -0.459 e. The van der Waals surface area contributed by atoms with Crippen LogP contribution in [0.25, 0.3) is 17.0 Å². The summed E-state index contributed by atoms with van der Waals surface area (Å²) in [5.41, 5.74) is -2.33. The molecule has 504 valence electrons. The molecule has 9 rings (SSSR count). The topological polar surface area (TPSA) is 220 Å². The molecule has 1 aromatic heterocycles. The third-order valence-corrected chi connectivity index (χ3v) is 21.7. The van der Waals surface area contributed by atoms with Crippen LogP contribution in [0.1, 0.15) is 121 Å². The van der Waals surface area contributed by atoms with E-state index < -0.39 is 133 Å². The molecule has 3 fully saturated rings. The summed E-state index contributed by atoms with van der Waals surface area (Å²) >= 11 is 0. The number of aliphatic hydroxyl groups excluding tert-OH is 1. The number of carbonyl (C=O) groups excluding carboxylic acids is 3. The Hall–Kier alpha value is -6.80. The number of benzene rings is 5. The molecule has 3 saturated heterocycles. The number of methoxy groups -OCH3 is 1. The van der Waals surface area contributed by atoms with Gasteiger partial charge in [-0.2, -0.15) is 0 Å². The third kappa shape index (κ3) is 16.2. The zero-order valence-corrected chi connectivity index (χ0v) is 57.2. The highest BCUT2D eigenvalue weighted by Crippen LogP contribution is 2.49. The molecule has 19 heteroatoms. The van der Waals surface area contributed by atoms with Crippen LogP contribution in [0.3, 0.4) is 0 Å². The van der Waals surface area contributed by atoms with Crippen molar-refractivity contribution in [2.45, 2.75) is 179 Å². The van der Waals surface area contributed by atoms with E-state index in [0.717, 1.165) is 16.5 Å². The van der Waals surface area contributed by atoms with Crippen molar-refractivity contribution in [3.05, 3.63) is 181 Å². The Balaban J connectivity index is 1.24. The van der Waals surface area contributed by atoms with Gasteiger partial charge in [0.1, 0.15) is 17.3 Å². The number of pyridine rings is 1. The van der Waals surface area contributed by atoms with Gasteiger partial charge in [0, 0.05) is 53.3 Å². The fourth-order valence-corrected chi connectivity index (χ4v) is 16.2. The molecule has 18 atom stereocenters. The molecule has 0 amide bonds. The molecule has 2 N–H and O–H groups in total. The summed E-state index contributed by atoms with van der Waals surface area (Å²) in [5, 5.41) is 27.6. The molecule has 3 aliphatic heterocycles. The fraction of sp³-hybridized carbons (Fsp3) is 0.480. The number of fused-ring (bicyclic) bond motifs is 1. The Morgan fingerprint density at radius 3 is 1.89 bits per heavy atom. The van der Waals surface area contributed by atoms with E-state index in [-0.39, 0.29) is 31.6 Å². The molecule has 18 nitrogen and oxygen atoms in total. The SMILES string of the molecule is CC[C@H]1OC(=O)[C@H](C)[C@@H](O[C@H]2C[C@@](C)(OC)[C@@H](OC(=O)c3ccccc3)[C@H](C)O2)[C@H](C)[C@@H](O[C@@H]2O[C@H](C)C[C@H](N(C)C)[C@H]2OC(=O)c2ccccc2)[C@](C)(OC/C=C/c2cnc3ccccc3c2)C[C@@H](C)/C(=N\P(=O)(c2ccccc2)c2ccccc2)[C@H](C)[C@@H](O)[C@]1(C)O. The lowest BCUT2D eigenvalue weighted by atomic mass is 9.73. The van der Waals surface area contributed by atoms with Crippen molar-refractivity contribution in [1.29, 1.82) is 0 Å². The van der Waals surface area contributed by atoms with E-state index in [1.54, 1.807) is 131 Å². The summed E-state index contributed by atoms with van der Waals surface area (Å²) in [7, 11) is 1.32. The largest absolute Gasteiger partial charge is 0.459 e. The minimum absolute atomic E-state index is 0.000672. The van der Waals surface area contributed by atoms with Crippen LogP contribution in [0.5, 0.6) is 0 Å². The molecule has 0 saturated carbocycles. The first-order valence-corrected chi connectivity index (χ1v) is 34.4. The molecular weight excluding hydrogens is 1210 g/mol. The Morgan fingerprint density at radius 1 is 0.734 bits per heavy atom. The van der Waals surface area contributed by atoms with Gasteiger partial charge in [0.25, 0.3) is 0 Å². The number of hydrogen-bond donors (Lipinski definition) is 2. The zero-order valence-electron chi connectivity index (χ0n) is 56.4. The Morgan fingerprint density at radius 2 is 1.31 bits per heavy atom. The number of ether oxygens (including phenoxy) is 9. The molecule has 6 aromatic rings. The summed E-state index contributed by atoms with van der Waals surface area (Å²) in [5.74, 6) is -5.93. The maximum Gasteiger partial charge on any atom is 0.338 e. The summed E-state index contributed by atoms with van der Waals surface area (Å²) in [6.45, 7) is 17.7. The number of cyclic esters (lactones) is 1. The number of hydrogen-bond acceptors (Lipinski definition) is 17. The monoisotopic (exact) mass is 1310 g/mol. The van der Waals surface area contributed by atoms with Gasteiger partial charge in [-0.05, 0) is 147 Å². The second-order valence-corrected chi connectivity index (χ2v) is 28.8. The Kier molecular flexibility index (Phi) is 23.5. The van der Waals surface area contributed by atoms with Crippen LogP contribution in [-0.2, 0) is 52.0 Å². The van der Waals surface area contributed by atoms with Crippen LogP contribution in [-0.4, -0.2) is 156 Å². The molecule has 0 radical (unpaired) electrons. The van der Waals surface area contributed by atoms with Crippen LogP contribution < -0.4 is 10.6 Å². The number of nitrogens with zero attached hydrogens (tertiary/aromatic N) is 3. The summed E-state index contributed by atoms with van der Waals surface area (Å²) in [6, 6.07) is 44.7. The molecule has 0 bridgehead atoms. The smallest absolute Gasteiger partial charge is 0.338 e. The molecular formula is C75H94N3O15P. The maximum atomic E-state index is 16.4. The molecule has 0 aliphatic carbocycles. The highest BCUT2D eigenvalue weighted by atomic mass is 31.2. The van der Waals surface area contributed by atoms with Crippen molar-refractivity contribution in [1.82, 2.24) is 9.88 Å². The molecule has 0 unspecified atom stereocenters. The second-order valence-electron chi connectivity index (χ2n) is 26.5. The molecule has 5 aromatic carbocycles. The lowest BCUT2D eigenvalue weighted by molar-refractivity contribution is -0.319. The highest BCUT2D eigenvalue weighted by molar-refractivity contribution is 7.77. The lowest BCUT2D eigenvalue weighted by Crippen LogP contribution is -2.62. The predicted molar refractivity (Wildman–Crippen MR) is 362 cm³/mol. The van der Waals surface area contributed by atoms with Gasteiger partial charge in [0.2, 0.25) is 7.29 Å². The van der Waals surface area contributed by atoms with E-state index in [2.05, 4.69) is 0 Å². The molecule has 94 heavy (non-hydrogen) atoms. The number of rotatable bonds is 18. The molecule has 0 spiro atoms. The van der Waals surface area contributed by atoms with E-state index in [1.807, 2.05) is 120 Å². The van der Waals surface area contributed by atoms with Gasteiger partial charge in [-0.1, -0.05) is 131 Å². The first-order chi connectivity index (χ1) is 44.8. The van der Waals surface area contributed by atoms with E-state index in [1.165, 1.54) is 14.0 Å². The van der Waals surface area contributed by atoms with Gasteiger partial charge in [-0.3, -0.25) is 14.3 Å². The third-order valence-electron chi connectivity index (χ3n) is 19.2. The van der Waals surface area contributed by atoms with Gasteiger partial charge in [0.15, 0.2) is 24.8 Å². The molecule has 4 heterocycles. The van der Waals surface area contributed by atoms with Gasteiger partial charge in [-0.25, -0.2) is 14.4 Å². The van der Waals surface area contributed by atoms with E-state index >= 15 is 9.36 Å². The van der Waals surface area contributed by atoms with Crippen molar-refractivity contribution >= 4 is 58.5 Å². The summed E-state index contributed by atoms with van der Waals surface area (Å²) in [6.07, 6.45) is -5.04. The number of likely N-dealkylation sites (N-methyl/N-ethyl adjacent to an activating group) is 1. The highest BCUT2D eigenvalue weighted by Gasteiger charge is 2.56. The first-order valence-electron chi connectivity index (χ1n) is 32.7.